The lowest BCUT2D eigenvalue weighted by molar-refractivity contribution is 0.902. The van der Waals surface area contributed by atoms with Gasteiger partial charge in [-0.15, -0.1) is 11.6 Å². The fourth-order valence-corrected chi connectivity index (χ4v) is 0.782. The average Bonchev–Trinajstić information content (AvgIpc) is 2.31. The van der Waals surface area contributed by atoms with Crippen LogP contribution in [0.15, 0.2) is 18.6 Å². The lowest BCUT2D eigenvalue weighted by Gasteiger charge is -1.91. The molecule has 0 aliphatic carbocycles. The molecular formula is C7H9ClN2. The molecule has 0 N–H and O–H groups in total. The summed E-state index contributed by atoms with van der Waals surface area (Å²) in [6, 6.07) is 0. The molecule has 0 atom stereocenters. The number of rotatable bonds is 2. The summed E-state index contributed by atoms with van der Waals surface area (Å²) < 4.78 is 1.93. The zero-order valence-corrected chi connectivity index (χ0v) is 6.54. The number of nitrogens with zero attached hydrogens (tertiary/aromatic N) is 2. The number of alkyl halides is 1. The summed E-state index contributed by atoms with van der Waals surface area (Å²) in [7, 11) is 1.95. The van der Waals surface area contributed by atoms with Gasteiger partial charge in [0.05, 0.1) is 18.2 Å². The van der Waals surface area contributed by atoms with Crippen LogP contribution in [0.2, 0.25) is 0 Å². The molecule has 3 heteroatoms. The van der Waals surface area contributed by atoms with Crippen molar-refractivity contribution in [3.8, 4) is 0 Å². The quantitative estimate of drug-likeness (QED) is 0.596. The largest absolute Gasteiger partial charge is 0.334 e. The molecule has 1 heterocycles. The number of aryl methyl sites for hydroxylation is 1. The minimum absolute atomic E-state index is 0.547. The molecule has 2 nitrogen and oxygen atoms in total. The monoisotopic (exact) mass is 156 g/mol. The van der Waals surface area contributed by atoms with Gasteiger partial charge >= 0.3 is 0 Å². The Bertz CT molecular complexity index is 227. The first-order valence-corrected chi connectivity index (χ1v) is 3.57. The van der Waals surface area contributed by atoms with Gasteiger partial charge in [0.2, 0.25) is 0 Å². The minimum atomic E-state index is 0.547. The summed E-state index contributed by atoms with van der Waals surface area (Å²) in [6.07, 6.45) is 7.38. The van der Waals surface area contributed by atoms with Gasteiger partial charge < -0.3 is 4.57 Å². The second kappa shape index (κ2) is 3.42. The predicted octanol–water partition coefficient (Wildman–Crippen LogP) is 1.67. The molecule has 0 saturated carbocycles. The van der Waals surface area contributed by atoms with E-state index in [9.17, 15) is 0 Å². The van der Waals surface area contributed by atoms with E-state index in [2.05, 4.69) is 4.98 Å². The summed E-state index contributed by atoms with van der Waals surface area (Å²) in [5.74, 6) is 0.547. The highest BCUT2D eigenvalue weighted by Gasteiger charge is 1.89. The Morgan fingerprint density at radius 1 is 1.80 bits per heavy atom. The number of imidazole rings is 1. The van der Waals surface area contributed by atoms with Gasteiger partial charge in [0.15, 0.2) is 0 Å². The highest BCUT2D eigenvalue weighted by molar-refractivity contribution is 6.19. The van der Waals surface area contributed by atoms with Gasteiger partial charge in [-0.3, -0.25) is 0 Å². The Morgan fingerprint density at radius 2 is 2.60 bits per heavy atom. The molecule has 0 saturated heterocycles. The van der Waals surface area contributed by atoms with Crippen LogP contribution in [0, 0.1) is 0 Å². The molecule has 1 rings (SSSR count). The third kappa shape index (κ3) is 1.61. The molecule has 1 aromatic rings. The van der Waals surface area contributed by atoms with E-state index in [1.807, 2.05) is 23.8 Å². The maximum absolute atomic E-state index is 5.45. The van der Waals surface area contributed by atoms with Crippen molar-refractivity contribution in [3.63, 3.8) is 0 Å². The minimum Gasteiger partial charge on any atom is -0.334 e. The normalized spacial score (nSPS) is 11.0. The Morgan fingerprint density at radius 3 is 3.10 bits per heavy atom. The number of hydrogen-bond donors (Lipinski definition) is 0. The van der Waals surface area contributed by atoms with Crippen LogP contribution in [0.4, 0.5) is 0 Å². The van der Waals surface area contributed by atoms with Crippen LogP contribution in [0.3, 0.4) is 0 Å². The van der Waals surface area contributed by atoms with Crippen LogP contribution in [0.5, 0.6) is 0 Å². The van der Waals surface area contributed by atoms with Crippen molar-refractivity contribution in [2.24, 2.45) is 7.05 Å². The zero-order valence-electron chi connectivity index (χ0n) is 5.79. The number of halogens is 1. The van der Waals surface area contributed by atoms with E-state index in [4.69, 9.17) is 11.6 Å². The smallest absolute Gasteiger partial charge is 0.0948 e. The third-order valence-electron chi connectivity index (χ3n) is 1.23. The lowest BCUT2D eigenvalue weighted by atomic mass is 10.4. The molecule has 0 aromatic carbocycles. The predicted molar refractivity (Wildman–Crippen MR) is 43.0 cm³/mol. The standard InChI is InChI=1S/C7H9ClN2/c1-10-6-9-5-7(10)3-2-4-8/h2-3,5-6H,4H2,1H3/b3-2+. The van der Waals surface area contributed by atoms with Crippen molar-refractivity contribution in [2.45, 2.75) is 0 Å². The molecular weight excluding hydrogens is 148 g/mol. The fourth-order valence-electron chi connectivity index (χ4n) is 0.693. The summed E-state index contributed by atoms with van der Waals surface area (Å²) in [5.41, 5.74) is 1.07. The fraction of sp³-hybridized carbons (Fsp3) is 0.286. The lowest BCUT2D eigenvalue weighted by Crippen LogP contribution is -1.86. The average molecular weight is 157 g/mol. The van der Waals surface area contributed by atoms with Crippen LogP contribution in [-0.2, 0) is 7.05 Å². The number of allylic oxidation sites excluding steroid dienone is 1. The topological polar surface area (TPSA) is 17.8 Å². The Labute approximate surface area is 65.1 Å². The molecule has 0 fully saturated rings. The van der Waals surface area contributed by atoms with Crippen molar-refractivity contribution < 1.29 is 0 Å². The van der Waals surface area contributed by atoms with E-state index >= 15 is 0 Å². The van der Waals surface area contributed by atoms with Gasteiger partial charge in [-0.1, -0.05) is 6.08 Å². The van der Waals surface area contributed by atoms with E-state index in [0.717, 1.165) is 5.69 Å². The summed E-state index contributed by atoms with van der Waals surface area (Å²) in [4.78, 5) is 3.94. The van der Waals surface area contributed by atoms with Crippen molar-refractivity contribution in [3.05, 3.63) is 24.3 Å². The molecule has 0 aliphatic heterocycles. The molecule has 1 aromatic heterocycles. The second-order valence-electron chi connectivity index (χ2n) is 1.99. The summed E-state index contributed by atoms with van der Waals surface area (Å²) in [5, 5.41) is 0. The van der Waals surface area contributed by atoms with Crippen LogP contribution in [0.25, 0.3) is 6.08 Å². The third-order valence-corrected chi connectivity index (χ3v) is 1.41. The molecule has 0 unspecified atom stereocenters. The SMILES string of the molecule is Cn1cncc1/C=C/CCl. The number of hydrogen-bond acceptors (Lipinski definition) is 1. The van der Waals surface area contributed by atoms with Crippen LogP contribution in [0.1, 0.15) is 5.69 Å². The highest BCUT2D eigenvalue weighted by Crippen LogP contribution is 1.98. The molecule has 54 valence electrons. The molecule has 0 bridgehead atoms. The van der Waals surface area contributed by atoms with E-state index in [-0.39, 0.29) is 0 Å². The van der Waals surface area contributed by atoms with Crippen molar-refractivity contribution in [1.82, 2.24) is 9.55 Å². The molecule has 0 spiro atoms. The van der Waals surface area contributed by atoms with E-state index in [1.165, 1.54) is 0 Å². The second-order valence-corrected chi connectivity index (χ2v) is 2.29. The van der Waals surface area contributed by atoms with E-state index in [0.29, 0.717) is 5.88 Å². The molecule has 0 amide bonds. The highest BCUT2D eigenvalue weighted by atomic mass is 35.5. The Balaban J connectivity index is 2.74. The summed E-state index contributed by atoms with van der Waals surface area (Å²) in [6.45, 7) is 0. The first kappa shape index (κ1) is 7.35. The van der Waals surface area contributed by atoms with Crippen molar-refractivity contribution in [2.75, 3.05) is 5.88 Å². The van der Waals surface area contributed by atoms with Crippen molar-refractivity contribution in [1.29, 1.82) is 0 Å². The van der Waals surface area contributed by atoms with Gasteiger partial charge in [0.25, 0.3) is 0 Å². The summed E-state index contributed by atoms with van der Waals surface area (Å²) >= 11 is 5.45. The van der Waals surface area contributed by atoms with Crippen LogP contribution < -0.4 is 0 Å². The zero-order chi connectivity index (χ0) is 7.40. The maximum atomic E-state index is 5.45. The van der Waals surface area contributed by atoms with Crippen LogP contribution >= 0.6 is 11.6 Å². The molecule has 0 radical (unpaired) electrons. The van der Waals surface area contributed by atoms with Crippen molar-refractivity contribution >= 4 is 17.7 Å². The molecule has 0 aliphatic rings. The van der Waals surface area contributed by atoms with Gasteiger partial charge in [0.1, 0.15) is 0 Å². The van der Waals surface area contributed by atoms with Gasteiger partial charge in [0, 0.05) is 12.9 Å². The first-order chi connectivity index (χ1) is 4.84. The van der Waals surface area contributed by atoms with Gasteiger partial charge in [-0.2, -0.15) is 0 Å². The van der Waals surface area contributed by atoms with Gasteiger partial charge in [-0.25, -0.2) is 4.98 Å². The Hall–Kier alpha value is -0.760. The molecule has 10 heavy (non-hydrogen) atoms. The van der Waals surface area contributed by atoms with Crippen LogP contribution in [-0.4, -0.2) is 15.4 Å². The maximum Gasteiger partial charge on any atom is 0.0948 e. The first-order valence-electron chi connectivity index (χ1n) is 3.03. The van der Waals surface area contributed by atoms with Gasteiger partial charge in [-0.05, 0) is 6.08 Å². The Kier molecular flexibility index (Phi) is 2.51. The van der Waals surface area contributed by atoms with E-state index < -0.39 is 0 Å². The number of aromatic nitrogens is 2. The van der Waals surface area contributed by atoms with E-state index in [1.54, 1.807) is 12.5 Å².